The number of aryl methyl sites for hydroxylation is 3. The number of hydrogen-bond acceptors (Lipinski definition) is 6. The van der Waals surface area contributed by atoms with Crippen LogP contribution in [0.3, 0.4) is 0 Å². The van der Waals surface area contributed by atoms with Gasteiger partial charge in [0.25, 0.3) is 0 Å². The number of nitrogens with zero attached hydrogens (tertiary/aromatic N) is 5. The molecule has 1 atom stereocenters. The fourth-order valence-corrected chi connectivity index (χ4v) is 3.06. The maximum atomic E-state index is 5.37. The molecular weight excluding hydrogens is 304 g/mol. The molecule has 4 rings (SSSR count). The molecule has 0 saturated heterocycles. The van der Waals surface area contributed by atoms with E-state index in [2.05, 4.69) is 44.6 Å². The number of rotatable bonds is 4. The van der Waals surface area contributed by atoms with Crippen molar-refractivity contribution in [2.45, 2.75) is 45.8 Å². The van der Waals surface area contributed by atoms with Crippen molar-refractivity contribution in [3.8, 4) is 11.4 Å². The molecule has 0 unspecified atom stereocenters. The van der Waals surface area contributed by atoms with Crippen molar-refractivity contribution in [2.24, 2.45) is 0 Å². The molecule has 124 valence electrons. The van der Waals surface area contributed by atoms with Gasteiger partial charge < -0.3 is 9.84 Å². The Bertz CT molecular complexity index is 852. The average molecular weight is 324 g/mol. The highest BCUT2D eigenvalue weighted by atomic mass is 16.5. The summed E-state index contributed by atoms with van der Waals surface area (Å²) in [5.74, 6) is 3.15. The van der Waals surface area contributed by atoms with E-state index in [1.165, 1.54) is 5.56 Å². The van der Waals surface area contributed by atoms with E-state index in [0.717, 1.165) is 36.6 Å². The Morgan fingerprint density at radius 1 is 1.29 bits per heavy atom. The fourth-order valence-electron chi connectivity index (χ4n) is 3.06. The maximum absolute atomic E-state index is 5.37. The first kappa shape index (κ1) is 15.0. The summed E-state index contributed by atoms with van der Waals surface area (Å²) >= 11 is 0. The second kappa shape index (κ2) is 6.16. The van der Waals surface area contributed by atoms with Gasteiger partial charge in [-0.05, 0) is 26.3 Å². The van der Waals surface area contributed by atoms with Crippen LogP contribution in [0.2, 0.25) is 0 Å². The van der Waals surface area contributed by atoms with E-state index in [1.807, 2.05) is 23.7 Å². The van der Waals surface area contributed by atoms with Crippen LogP contribution >= 0.6 is 0 Å². The quantitative estimate of drug-likeness (QED) is 0.791. The molecule has 0 aliphatic carbocycles. The van der Waals surface area contributed by atoms with Crippen LogP contribution in [0, 0.1) is 13.8 Å². The Hall–Kier alpha value is -2.54. The second-order valence-corrected chi connectivity index (χ2v) is 6.26. The lowest BCUT2D eigenvalue weighted by Gasteiger charge is -2.22. The Morgan fingerprint density at radius 3 is 3.08 bits per heavy atom. The molecule has 0 spiro atoms. The highest BCUT2D eigenvalue weighted by molar-refractivity contribution is 5.55. The Labute approximate surface area is 140 Å². The molecule has 0 fully saturated rings. The monoisotopic (exact) mass is 324 g/mol. The van der Waals surface area contributed by atoms with Gasteiger partial charge in [0.1, 0.15) is 11.6 Å². The summed E-state index contributed by atoms with van der Waals surface area (Å²) in [4.78, 5) is 8.91. The van der Waals surface area contributed by atoms with Gasteiger partial charge in [-0.3, -0.25) is 0 Å². The Kier molecular flexibility index (Phi) is 3.86. The zero-order valence-electron chi connectivity index (χ0n) is 13.9. The van der Waals surface area contributed by atoms with E-state index in [-0.39, 0.29) is 0 Å². The van der Waals surface area contributed by atoms with Gasteiger partial charge in [-0.1, -0.05) is 28.9 Å². The molecule has 2 aromatic heterocycles. The third-order valence-electron chi connectivity index (χ3n) is 4.25. The smallest absolute Gasteiger partial charge is 0.240 e. The predicted octanol–water partition coefficient (Wildman–Crippen LogP) is 2.05. The van der Waals surface area contributed by atoms with Crippen LogP contribution in [0.5, 0.6) is 0 Å². The van der Waals surface area contributed by atoms with Gasteiger partial charge in [0, 0.05) is 18.0 Å². The van der Waals surface area contributed by atoms with Crippen LogP contribution in [-0.2, 0) is 19.5 Å². The van der Waals surface area contributed by atoms with Crippen molar-refractivity contribution in [3.63, 3.8) is 0 Å². The molecule has 3 heterocycles. The maximum Gasteiger partial charge on any atom is 0.240 e. The molecule has 0 saturated carbocycles. The Balaban J connectivity index is 1.39. The van der Waals surface area contributed by atoms with Gasteiger partial charge in [0.05, 0.1) is 13.1 Å². The molecule has 0 bridgehead atoms. The number of fused-ring (bicyclic) bond motifs is 1. The van der Waals surface area contributed by atoms with Crippen LogP contribution in [-0.4, -0.2) is 30.9 Å². The van der Waals surface area contributed by atoms with Gasteiger partial charge >= 0.3 is 0 Å². The second-order valence-electron chi connectivity index (χ2n) is 6.26. The first-order chi connectivity index (χ1) is 11.7. The van der Waals surface area contributed by atoms with E-state index < -0.39 is 0 Å². The third-order valence-corrected chi connectivity index (χ3v) is 4.25. The summed E-state index contributed by atoms with van der Waals surface area (Å²) in [7, 11) is 0. The molecular formula is C17H20N6O. The zero-order chi connectivity index (χ0) is 16.5. The minimum Gasteiger partial charge on any atom is -0.338 e. The van der Waals surface area contributed by atoms with Crippen molar-refractivity contribution < 1.29 is 4.52 Å². The molecule has 7 heteroatoms. The zero-order valence-corrected chi connectivity index (χ0v) is 13.9. The van der Waals surface area contributed by atoms with E-state index in [4.69, 9.17) is 4.52 Å². The number of benzene rings is 1. The van der Waals surface area contributed by atoms with E-state index in [0.29, 0.717) is 24.3 Å². The number of hydrogen-bond donors (Lipinski definition) is 1. The van der Waals surface area contributed by atoms with Crippen LogP contribution in [0.25, 0.3) is 11.4 Å². The summed E-state index contributed by atoms with van der Waals surface area (Å²) in [6.07, 6.45) is 1.98. The van der Waals surface area contributed by atoms with E-state index >= 15 is 0 Å². The minimum absolute atomic E-state index is 0.341. The van der Waals surface area contributed by atoms with Crippen molar-refractivity contribution in [1.82, 2.24) is 30.2 Å². The highest BCUT2D eigenvalue weighted by Gasteiger charge is 2.21. The molecule has 24 heavy (non-hydrogen) atoms. The minimum atomic E-state index is 0.341. The van der Waals surface area contributed by atoms with Crippen molar-refractivity contribution >= 4 is 0 Å². The molecule has 7 nitrogen and oxygen atoms in total. The first-order valence-electron chi connectivity index (χ1n) is 8.21. The number of aromatic nitrogens is 5. The van der Waals surface area contributed by atoms with Gasteiger partial charge in [0.15, 0.2) is 0 Å². The predicted molar refractivity (Wildman–Crippen MR) is 88.2 cm³/mol. The van der Waals surface area contributed by atoms with E-state index in [1.54, 1.807) is 0 Å². The molecule has 1 aromatic carbocycles. The van der Waals surface area contributed by atoms with Crippen LogP contribution in [0.4, 0.5) is 0 Å². The third kappa shape index (κ3) is 3.07. The normalized spacial score (nSPS) is 17.0. The largest absolute Gasteiger partial charge is 0.338 e. The lowest BCUT2D eigenvalue weighted by Crippen LogP contribution is -2.37. The lowest BCUT2D eigenvalue weighted by atomic mass is 10.1. The standard InChI is InChI=1S/C17H20N6O/c1-11-4-3-5-13(8-11)17-20-16(24-22-17)9-18-14-6-7-15-19-12(2)21-23(15)10-14/h3-5,8,14,18H,6-7,9-10H2,1-2H3/t14-/m0/s1. The summed E-state index contributed by atoms with van der Waals surface area (Å²) in [5.41, 5.74) is 2.16. The molecule has 0 radical (unpaired) electrons. The summed E-state index contributed by atoms with van der Waals surface area (Å²) in [6.45, 7) is 5.37. The summed E-state index contributed by atoms with van der Waals surface area (Å²) < 4.78 is 7.35. The van der Waals surface area contributed by atoms with Gasteiger partial charge in [-0.25, -0.2) is 9.67 Å². The van der Waals surface area contributed by atoms with Crippen molar-refractivity contribution in [2.75, 3.05) is 0 Å². The van der Waals surface area contributed by atoms with Crippen LogP contribution in [0.1, 0.15) is 29.5 Å². The lowest BCUT2D eigenvalue weighted by molar-refractivity contribution is 0.320. The van der Waals surface area contributed by atoms with Crippen molar-refractivity contribution in [1.29, 1.82) is 0 Å². The Morgan fingerprint density at radius 2 is 2.21 bits per heavy atom. The molecule has 1 aliphatic rings. The summed E-state index contributed by atoms with van der Waals surface area (Å²) in [6, 6.07) is 8.43. The van der Waals surface area contributed by atoms with Gasteiger partial charge in [0.2, 0.25) is 11.7 Å². The SMILES string of the molecule is Cc1cccc(-c2noc(CN[C@H]3CCc4nc(C)nn4C3)n2)c1. The molecule has 3 aromatic rings. The molecule has 1 aliphatic heterocycles. The summed E-state index contributed by atoms with van der Waals surface area (Å²) in [5, 5.41) is 12.0. The van der Waals surface area contributed by atoms with Crippen LogP contribution < -0.4 is 5.32 Å². The molecule has 1 N–H and O–H groups in total. The van der Waals surface area contributed by atoms with Gasteiger partial charge in [-0.2, -0.15) is 10.1 Å². The fraction of sp³-hybridized carbons (Fsp3) is 0.412. The highest BCUT2D eigenvalue weighted by Crippen LogP contribution is 2.17. The molecule has 0 amide bonds. The van der Waals surface area contributed by atoms with Crippen molar-refractivity contribution in [3.05, 3.63) is 47.4 Å². The topological polar surface area (TPSA) is 81.7 Å². The van der Waals surface area contributed by atoms with Crippen LogP contribution in [0.15, 0.2) is 28.8 Å². The van der Waals surface area contributed by atoms with E-state index in [9.17, 15) is 0 Å². The van der Waals surface area contributed by atoms with Gasteiger partial charge in [-0.15, -0.1) is 0 Å². The number of nitrogens with one attached hydrogen (secondary N) is 1. The average Bonchev–Trinajstić information content (AvgIpc) is 3.18. The first-order valence-corrected chi connectivity index (χ1v) is 8.21.